The molecular formula is C12H12F3IN4O3. The van der Waals surface area contributed by atoms with E-state index >= 15 is 0 Å². The molecule has 0 radical (unpaired) electrons. The normalized spacial score (nSPS) is 14.5. The maximum atomic E-state index is 12.3. The number of nitrogens with zero attached hydrogens (tertiary/aromatic N) is 3. The number of rotatable bonds is 5. The highest BCUT2D eigenvalue weighted by Gasteiger charge is 2.39. The first-order chi connectivity index (χ1) is 10.7. The molecule has 0 fully saturated rings. The average Bonchev–Trinajstić information content (AvgIpc) is 3.07. The number of halogens is 4. The summed E-state index contributed by atoms with van der Waals surface area (Å²) in [5.74, 6) is -1.83. The topological polar surface area (TPSA) is 93.2 Å². The van der Waals surface area contributed by atoms with Gasteiger partial charge >= 0.3 is 12.1 Å². The van der Waals surface area contributed by atoms with Crippen LogP contribution in [0.3, 0.4) is 0 Å². The number of aliphatic hydroxyl groups is 1. The SMILES string of the molecule is C[C@H](O)c1nccn1[C@H](CNC(=O)C(F)(F)F)c1cc(I)on1. The highest BCUT2D eigenvalue weighted by atomic mass is 127. The lowest BCUT2D eigenvalue weighted by Crippen LogP contribution is -2.40. The molecule has 2 N–H and O–H groups in total. The van der Waals surface area contributed by atoms with Crippen LogP contribution in [-0.2, 0) is 4.79 Å². The second-order valence-corrected chi connectivity index (χ2v) is 5.71. The van der Waals surface area contributed by atoms with E-state index in [4.69, 9.17) is 4.52 Å². The number of carbonyl (C=O) groups excluding carboxylic acids is 1. The van der Waals surface area contributed by atoms with E-state index in [0.717, 1.165) is 0 Å². The van der Waals surface area contributed by atoms with E-state index in [1.165, 1.54) is 30.0 Å². The summed E-state index contributed by atoms with van der Waals surface area (Å²) in [6.45, 7) is 1.08. The number of amides is 1. The van der Waals surface area contributed by atoms with E-state index in [9.17, 15) is 23.1 Å². The molecular weight excluding hydrogens is 432 g/mol. The fraction of sp³-hybridized carbons (Fsp3) is 0.417. The van der Waals surface area contributed by atoms with Gasteiger partial charge in [0.1, 0.15) is 17.6 Å². The minimum atomic E-state index is -4.98. The van der Waals surface area contributed by atoms with Gasteiger partial charge in [-0.15, -0.1) is 0 Å². The molecule has 0 spiro atoms. The van der Waals surface area contributed by atoms with Crippen molar-refractivity contribution >= 4 is 28.5 Å². The quantitative estimate of drug-likeness (QED) is 0.687. The number of aliphatic hydroxyl groups excluding tert-OH is 1. The van der Waals surface area contributed by atoms with Crippen molar-refractivity contribution in [2.45, 2.75) is 25.2 Å². The molecule has 0 aliphatic heterocycles. The Hall–Kier alpha value is -1.63. The van der Waals surface area contributed by atoms with Crippen molar-refractivity contribution in [2.75, 3.05) is 6.54 Å². The smallest absolute Gasteiger partial charge is 0.385 e. The van der Waals surface area contributed by atoms with Gasteiger partial charge in [-0.3, -0.25) is 4.79 Å². The van der Waals surface area contributed by atoms with Crippen molar-refractivity contribution in [1.29, 1.82) is 0 Å². The molecule has 2 heterocycles. The molecule has 126 valence electrons. The molecule has 1 amide bonds. The van der Waals surface area contributed by atoms with Crippen molar-refractivity contribution in [3.63, 3.8) is 0 Å². The summed E-state index contributed by atoms with van der Waals surface area (Å²) < 4.78 is 43.8. The highest BCUT2D eigenvalue weighted by molar-refractivity contribution is 14.1. The van der Waals surface area contributed by atoms with E-state index in [-0.39, 0.29) is 5.82 Å². The standard InChI is InChI=1S/C12H12F3IN4O3/c1-6(21)10-17-2-3-20(10)8(7-4-9(16)23-19-7)5-18-11(22)12(13,14)15/h2-4,6,8,21H,5H2,1H3,(H,18,22)/t6-,8+/m0/s1. The summed E-state index contributed by atoms with van der Waals surface area (Å²) in [4.78, 5) is 15.0. The predicted molar refractivity (Wildman–Crippen MR) is 79.3 cm³/mol. The van der Waals surface area contributed by atoms with Crippen LogP contribution < -0.4 is 5.32 Å². The molecule has 0 aliphatic rings. The average molecular weight is 444 g/mol. The fourth-order valence-electron chi connectivity index (χ4n) is 1.97. The summed E-state index contributed by atoms with van der Waals surface area (Å²) in [7, 11) is 0. The Bertz CT molecular complexity index is 683. The first-order valence-electron chi connectivity index (χ1n) is 6.38. The van der Waals surface area contributed by atoms with Crippen LogP contribution in [0.25, 0.3) is 0 Å². The van der Waals surface area contributed by atoms with Crippen LogP contribution in [0.1, 0.15) is 30.6 Å². The number of nitrogens with one attached hydrogen (secondary N) is 1. The molecule has 0 aliphatic carbocycles. The van der Waals surface area contributed by atoms with Gasteiger partial charge in [0.15, 0.2) is 3.77 Å². The summed E-state index contributed by atoms with van der Waals surface area (Å²) >= 11 is 1.86. The Morgan fingerprint density at radius 3 is 2.78 bits per heavy atom. The number of alkyl halides is 3. The maximum absolute atomic E-state index is 12.3. The molecule has 0 saturated heterocycles. The molecule has 7 nitrogen and oxygen atoms in total. The summed E-state index contributed by atoms with van der Waals surface area (Å²) in [5, 5.41) is 15.3. The molecule has 2 rings (SSSR count). The zero-order valence-electron chi connectivity index (χ0n) is 11.7. The largest absolute Gasteiger partial charge is 0.471 e. The van der Waals surface area contributed by atoms with Gasteiger partial charge < -0.3 is 19.5 Å². The van der Waals surface area contributed by atoms with E-state index < -0.39 is 30.8 Å². The van der Waals surface area contributed by atoms with E-state index in [1.807, 2.05) is 22.6 Å². The molecule has 23 heavy (non-hydrogen) atoms. The van der Waals surface area contributed by atoms with Crippen molar-refractivity contribution < 1.29 is 27.6 Å². The van der Waals surface area contributed by atoms with Gasteiger partial charge in [-0.1, -0.05) is 5.16 Å². The Morgan fingerprint density at radius 1 is 1.57 bits per heavy atom. The molecule has 0 aromatic carbocycles. The number of hydrogen-bond donors (Lipinski definition) is 2. The lowest BCUT2D eigenvalue weighted by molar-refractivity contribution is -0.173. The lowest BCUT2D eigenvalue weighted by atomic mass is 10.2. The molecule has 2 aromatic heterocycles. The summed E-state index contributed by atoms with van der Waals surface area (Å²) in [6, 6.07) is 0.720. The van der Waals surface area contributed by atoms with Crippen LogP contribution in [-0.4, -0.2) is 38.4 Å². The second-order valence-electron chi connectivity index (χ2n) is 4.65. The van der Waals surface area contributed by atoms with Gasteiger partial charge in [0.2, 0.25) is 0 Å². The van der Waals surface area contributed by atoms with Crippen molar-refractivity contribution in [3.8, 4) is 0 Å². The minimum absolute atomic E-state index is 0.231. The Morgan fingerprint density at radius 2 is 2.26 bits per heavy atom. The molecule has 11 heteroatoms. The first-order valence-corrected chi connectivity index (χ1v) is 7.46. The van der Waals surface area contributed by atoms with Gasteiger partial charge in [0.25, 0.3) is 0 Å². The second kappa shape index (κ2) is 6.86. The summed E-state index contributed by atoms with van der Waals surface area (Å²) in [6.07, 6.45) is -3.05. The van der Waals surface area contributed by atoms with Gasteiger partial charge in [0.05, 0.1) is 6.04 Å². The number of carbonyl (C=O) groups is 1. The monoisotopic (exact) mass is 444 g/mol. The third-order valence-corrected chi connectivity index (χ3v) is 3.47. The van der Waals surface area contributed by atoms with Crippen molar-refractivity contribution in [1.82, 2.24) is 20.0 Å². The van der Waals surface area contributed by atoms with Gasteiger partial charge in [0, 0.05) is 47.6 Å². The van der Waals surface area contributed by atoms with E-state index in [1.54, 1.807) is 5.32 Å². The van der Waals surface area contributed by atoms with Gasteiger partial charge in [-0.05, 0) is 6.92 Å². The van der Waals surface area contributed by atoms with Crippen molar-refractivity contribution in [2.24, 2.45) is 0 Å². The van der Waals surface area contributed by atoms with Gasteiger partial charge in [-0.2, -0.15) is 13.2 Å². The van der Waals surface area contributed by atoms with Crippen LogP contribution in [0, 0.1) is 3.77 Å². The molecule has 0 unspecified atom stereocenters. The van der Waals surface area contributed by atoms with E-state index in [2.05, 4.69) is 10.1 Å². The Balaban J connectivity index is 2.30. The predicted octanol–water partition coefficient (Wildman–Crippen LogP) is 1.80. The van der Waals surface area contributed by atoms with Crippen LogP contribution in [0.5, 0.6) is 0 Å². The third-order valence-electron chi connectivity index (χ3n) is 2.96. The fourth-order valence-corrected chi connectivity index (χ4v) is 2.39. The third kappa shape index (κ3) is 4.22. The molecule has 0 bridgehead atoms. The van der Waals surface area contributed by atoms with Crippen LogP contribution in [0.2, 0.25) is 0 Å². The zero-order chi connectivity index (χ0) is 17.2. The summed E-state index contributed by atoms with van der Waals surface area (Å²) in [5.41, 5.74) is 0.303. The Labute approximate surface area is 142 Å². The van der Waals surface area contributed by atoms with E-state index in [0.29, 0.717) is 9.46 Å². The molecule has 2 atom stereocenters. The molecule has 0 saturated carbocycles. The Kier molecular flexibility index (Phi) is 5.29. The van der Waals surface area contributed by atoms with Crippen molar-refractivity contribution in [3.05, 3.63) is 33.7 Å². The minimum Gasteiger partial charge on any atom is -0.385 e. The first kappa shape index (κ1) is 17.7. The maximum Gasteiger partial charge on any atom is 0.471 e. The molecule has 2 aromatic rings. The highest BCUT2D eigenvalue weighted by Crippen LogP contribution is 2.23. The van der Waals surface area contributed by atoms with Crippen LogP contribution >= 0.6 is 22.6 Å². The zero-order valence-corrected chi connectivity index (χ0v) is 13.9. The number of aromatic nitrogens is 3. The van der Waals surface area contributed by atoms with Crippen LogP contribution in [0.15, 0.2) is 23.0 Å². The van der Waals surface area contributed by atoms with Gasteiger partial charge in [-0.25, -0.2) is 4.98 Å². The van der Waals surface area contributed by atoms with Crippen LogP contribution in [0.4, 0.5) is 13.2 Å². The number of hydrogen-bond acceptors (Lipinski definition) is 5. The number of imidazole rings is 1. The lowest BCUT2D eigenvalue weighted by Gasteiger charge is -2.20.